The zero-order valence-electron chi connectivity index (χ0n) is 40.3. The van der Waals surface area contributed by atoms with Crippen molar-refractivity contribution in [2.24, 2.45) is 0 Å². The second kappa shape index (κ2) is 15.9. The molecule has 15 rings (SSSR count). The van der Waals surface area contributed by atoms with Crippen LogP contribution in [-0.2, 0) is 0 Å². The fourth-order valence-electron chi connectivity index (χ4n) is 12.3. The van der Waals surface area contributed by atoms with Crippen molar-refractivity contribution in [1.82, 2.24) is 0 Å². The summed E-state index contributed by atoms with van der Waals surface area (Å²) in [5.74, 6) is 0. The second-order valence-electron chi connectivity index (χ2n) is 19.9. The number of nitrogens with zero attached hydrogens (tertiary/aromatic N) is 2. The van der Waals surface area contributed by atoms with Crippen LogP contribution in [0.5, 0.6) is 0 Å². The van der Waals surface area contributed by atoms with Gasteiger partial charge in [-0.15, -0.1) is 0 Å². The van der Waals surface area contributed by atoms with Gasteiger partial charge in [-0.05, 0) is 121 Å². The van der Waals surface area contributed by atoms with Gasteiger partial charge in [0.05, 0.1) is 22.7 Å². The van der Waals surface area contributed by atoms with Crippen LogP contribution in [-0.4, -0.2) is 8.07 Å². The maximum absolute atomic E-state index is 6.83. The monoisotopic (exact) mass is 950 g/mol. The molecule has 5 heteroatoms. The van der Waals surface area contributed by atoms with Gasteiger partial charge in [-0.3, -0.25) is 0 Å². The van der Waals surface area contributed by atoms with E-state index in [2.05, 4.69) is 259 Å². The van der Waals surface area contributed by atoms with Gasteiger partial charge in [0, 0.05) is 43.9 Å². The van der Waals surface area contributed by atoms with Crippen LogP contribution in [0.4, 0.5) is 34.1 Å². The first kappa shape index (κ1) is 41.6. The Labute approximate surface area is 423 Å². The van der Waals surface area contributed by atoms with E-state index >= 15 is 0 Å². The molecule has 73 heavy (non-hydrogen) atoms. The van der Waals surface area contributed by atoms with Crippen molar-refractivity contribution in [2.45, 2.75) is 13.1 Å². The van der Waals surface area contributed by atoms with Crippen molar-refractivity contribution in [3.05, 3.63) is 243 Å². The lowest BCUT2D eigenvalue weighted by Gasteiger charge is -2.36. The molecule has 0 spiro atoms. The topological polar surface area (TPSA) is 32.8 Å². The van der Waals surface area contributed by atoms with Gasteiger partial charge in [0.2, 0.25) is 0 Å². The molecule has 1 aliphatic rings. The van der Waals surface area contributed by atoms with Gasteiger partial charge in [0.25, 0.3) is 0 Å². The molecule has 0 unspecified atom stereocenters. The van der Waals surface area contributed by atoms with E-state index in [9.17, 15) is 0 Å². The molecule has 14 aromatic rings. The highest BCUT2D eigenvalue weighted by Crippen LogP contribution is 2.50. The first-order valence-corrected chi connectivity index (χ1v) is 28.2. The first-order chi connectivity index (χ1) is 36.0. The van der Waals surface area contributed by atoms with Gasteiger partial charge in [0.1, 0.15) is 19.2 Å². The van der Waals surface area contributed by atoms with Crippen molar-refractivity contribution < 1.29 is 8.83 Å². The molecule has 0 aliphatic carbocycles. The number of benzene rings is 12. The summed E-state index contributed by atoms with van der Waals surface area (Å²) in [5, 5.41) is 14.8. The van der Waals surface area contributed by atoms with E-state index in [1.165, 1.54) is 53.8 Å². The minimum Gasteiger partial charge on any atom is -0.454 e. The van der Waals surface area contributed by atoms with Crippen LogP contribution in [0.15, 0.2) is 251 Å². The molecule has 0 saturated carbocycles. The van der Waals surface area contributed by atoms with Crippen LogP contribution >= 0.6 is 0 Å². The summed E-state index contributed by atoms with van der Waals surface area (Å²) in [7, 11) is -2.40. The number of hydrogen-bond acceptors (Lipinski definition) is 4. The van der Waals surface area contributed by atoms with Crippen molar-refractivity contribution >= 4 is 129 Å². The van der Waals surface area contributed by atoms with E-state index in [-0.39, 0.29) is 0 Å². The van der Waals surface area contributed by atoms with Crippen molar-refractivity contribution in [3.63, 3.8) is 0 Å². The molecule has 1 aliphatic heterocycles. The highest BCUT2D eigenvalue weighted by atomic mass is 28.3. The highest BCUT2D eigenvalue weighted by Gasteiger charge is 2.37. The second-order valence-corrected chi connectivity index (χ2v) is 24.3. The number of para-hydroxylation sites is 6. The molecule has 0 bridgehead atoms. The summed E-state index contributed by atoms with van der Waals surface area (Å²) in [5.41, 5.74) is 14.8. The zero-order chi connectivity index (χ0) is 48.4. The summed E-state index contributed by atoms with van der Waals surface area (Å²) in [6.07, 6.45) is 0. The third-order valence-electron chi connectivity index (χ3n) is 15.6. The quantitative estimate of drug-likeness (QED) is 0.118. The number of furan rings is 2. The highest BCUT2D eigenvalue weighted by molar-refractivity contribution is 7.03. The maximum atomic E-state index is 6.83. The number of anilines is 6. The molecule has 3 heterocycles. The fourth-order valence-corrected chi connectivity index (χ4v) is 15.4. The molecule has 0 atom stereocenters. The third-order valence-corrected chi connectivity index (χ3v) is 19.1. The summed E-state index contributed by atoms with van der Waals surface area (Å²) in [6, 6.07) is 88.3. The molecule has 344 valence electrons. The van der Waals surface area contributed by atoms with Gasteiger partial charge < -0.3 is 18.6 Å². The minimum atomic E-state index is -2.40. The van der Waals surface area contributed by atoms with E-state index in [0.29, 0.717) is 0 Å². The predicted octanol–water partition coefficient (Wildman–Crippen LogP) is 18.4. The predicted molar refractivity (Wildman–Crippen MR) is 311 cm³/mol. The lowest BCUT2D eigenvalue weighted by molar-refractivity contribution is 0.669. The molecule has 0 radical (unpaired) electrons. The van der Waals surface area contributed by atoms with E-state index < -0.39 is 8.07 Å². The molecule has 0 N–H and O–H groups in total. The van der Waals surface area contributed by atoms with Crippen LogP contribution in [0.25, 0.3) is 98.4 Å². The van der Waals surface area contributed by atoms with Gasteiger partial charge >= 0.3 is 0 Å². The van der Waals surface area contributed by atoms with Crippen molar-refractivity contribution in [1.29, 1.82) is 0 Å². The van der Waals surface area contributed by atoms with Gasteiger partial charge in [0.15, 0.2) is 11.2 Å². The standard InChI is InChI=1S/C68H46N2O2Si/c1-73(2)64-37-19-29-52-56-42-61(69(44-22-7-4-8-23-44)59-33-17-30-53-49-27-12-15-35-62(49)71-67(53)59)48-26-10-9-25-47(48)55(56)41-57(66(52)64)51-39-38-45(40-65(51)73)70(58-32-14-11-24-46(58)43-20-5-3-6-21-43)60-34-18-31-54-50-28-13-16-36-63(50)72-68(54)60/h3-42H,1-2H3. The van der Waals surface area contributed by atoms with Crippen molar-refractivity contribution in [3.8, 4) is 22.3 Å². The molecular weight excluding hydrogens is 905 g/mol. The average Bonchev–Trinajstić information content (AvgIpc) is 4.03. The molecular formula is C68H46N2O2Si. The number of fused-ring (bicyclic) bond motifs is 12. The zero-order valence-corrected chi connectivity index (χ0v) is 41.3. The summed E-state index contributed by atoms with van der Waals surface area (Å²) in [4.78, 5) is 4.85. The van der Waals surface area contributed by atoms with E-state index in [1.54, 1.807) is 0 Å². The van der Waals surface area contributed by atoms with E-state index in [1.807, 2.05) is 6.07 Å². The van der Waals surface area contributed by atoms with Crippen LogP contribution < -0.4 is 20.2 Å². The molecule has 2 aromatic heterocycles. The summed E-state index contributed by atoms with van der Waals surface area (Å²) >= 11 is 0. The first-order valence-electron chi connectivity index (χ1n) is 25.2. The minimum absolute atomic E-state index is 0.869. The fraction of sp³-hybridized carbons (Fsp3) is 0.0294. The Hall–Kier alpha value is -9.16. The van der Waals surface area contributed by atoms with E-state index in [0.717, 1.165) is 89.1 Å². The Morgan fingerprint density at radius 1 is 0.301 bits per heavy atom. The van der Waals surface area contributed by atoms with Crippen LogP contribution in [0, 0.1) is 0 Å². The Bertz CT molecular complexity index is 4550. The Morgan fingerprint density at radius 3 is 1.52 bits per heavy atom. The number of rotatable bonds is 7. The van der Waals surface area contributed by atoms with Gasteiger partial charge in [-0.25, -0.2) is 0 Å². The normalized spacial score (nSPS) is 12.9. The Balaban J connectivity index is 0.972. The third kappa shape index (κ3) is 6.19. The lowest BCUT2D eigenvalue weighted by Crippen LogP contribution is -2.56. The smallest absolute Gasteiger partial charge is 0.159 e. The summed E-state index contributed by atoms with van der Waals surface area (Å²) in [6.45, 7) is 5.08. The Morgan fingerprint density at radius 2 is 0.822 bits per heavy atom. The molecule has 0 saturated heterocycles. The Kier molecular flexibility index (Phi) is 9.08. The van der Waals surface area contributed by atoms with E-state index in [4.69, 9.17) is 8.83 Å². The molecule has 0 fully saturated rings. The van der Waals surface area contributed by atoms with Crippen LogP contribution in [0.1, 0.15) is 0 Å². The maximum Gasteiger partial charge on any atom is 0.159 e. The summed E-state index contributed by atoms with van der Waals surface area (Å²) < 4.78 is 13.6. The van der Waals surface area contributed by atoms with Gasteiger partial charge in [-0.2, -0.15) is 0 Å². The lowest BCUT2D eigenvalue weighted by atomic mass is 9.89. The van der Waals surface area contributed by atoms with Crippen molar-refractivity contribution in [2.75, 3.05) is 9.80 Å². The van der Waals surface area contributed by atoms with Crippen LogP contribution in [0.2, 0.25) is 13.1 Å². The average molecular weight is 951 g/mol. The SMILES string of the molecule is C[Si]1(C)c2cc(N(c3ccccc3-c3ccccc3)c3cccc4c3oc3ccccc34)ccc2-c2cc3c4ccccc4c(N(c4ccccc4)c4cccc5c4oc4ccccc45)cc3c3cccc1c23. The van der Waals surface area contributed by atoms with Gasteiger partial charge in [-0.1, -0.05) is 189 Å². The molecule has 4 nitrogen and oxygen atoms in total. The molecule has 0 amide bonds. The molecule has 12 aromatic carbocycles. The van der Waals surface area contributed by atoms with Crippen LogP contribution in [0.3, 0.4) is 0 Å². The largest absolute Gasteiger partial charge is 0.454 e. The number of hydrogen-bond donors (Lipinski definition) is 0.